The van der Waals surface area contributed by atoms with E-state index in [1.165, 1.54) is 11.8 Å². The number of ether oxygens (including phenoxy) is 1. The first-order valence-corrected chi connectivity index (χ1v) is 9.30. The first-order chi connectivity index (χ1) is 11.8. The van der Waals surface area contributed by atoms with Crippen LogP contribution >= 0.6 is 11.8 Å². The highest BCUT2D eigenvalue weighted by molar-refractivity contribution is 7.98. The molecule has 6 heteroatoms. The van der Waals surface area contributed by atoms with Gasteiger partial charge in [0.25, 0.3) is 5.91 Å². The van der Waals surface area contributed by atoms with Crippen molar-refractivity contribution in [3.05, 3.63) is 54.0 Å². The van der Waals surface area contributed by atoms with Gasteiger partial charge >= 0.3 is 0 Å². The Morgan fingerprint density at radius 2 is 2.17 bits per heavy atom. The van der Waals surface area contributed by atoms with Gasteiger partial charge in [0.2, 0.25) is 0 Å². The van der Waals surface area contributed by atoms with Crippen molar-refractivity contribution >= 4 is 17.7 Å². The van der Waals surface area contributed by atoms with Gasteiger partial charge in [-0.15, -0.1) is 11.8 Å². The van der Waals surface area contributed by atoms with Crippen LogP contribution in [0, 0.1) is 0 Å². The summed E-state index contributed by atoms with van der Waals surface area (Å²) in [5.41, 5.74) is 1.59. The van der Waals surface area contributed by atoms with Crippen LogP contribution in [-0.2, 0) is 11.3 Å². The predicted octanol–water partition coefficient (Wildman–Crippen LogP) is 3.02. The lowest BCUT2D eigenvalue weighted by Gasteiger charge is -2.33. The Morgan fingerprint density at radius 3 is 2.96 bits per heavy atom. The lowest BCUT2D eigenvalue weighted by atomic mass is 10.1. The SMILES string of the molecule is CSc1ncccc1C(=O)N1CCC[C@@H](OCc2ccccn2)C1. The molecule has 126 valence electrons. The van der Waals surface area contributed by atoms with E-state index >= 15 is 0 Å². The van der Waals surface area contributed by atoms with Gasteiger partial charge in [-0.05, 0) is 43.4 Å². The molecule has 0 saturated carbocycles. The first kappa shape index (κ1) is 16.9. The predicted molar refractivity (Wildman–Crippen MR) is 94.0 cm³/mol. The molecule has 3 rings (SSSR count). The molecular formula is C18H21N3O2S. The Bertz CT molecular complexity index is 681. The summed E-state index contributed by atoms with van der Waals surface area (Å²) in [7, 11) is 0. The van der Waals surface area contributed by atoms with E-state index in [2.05, 4.69) is 9.97 Å². The average Bonchev–Trinajstić information content (AvgIpc) is 2.67. The highest BCUT2D eigenvalue weighted by Gasteiger charge is 2.26. The summed E-state index contributed by atoms with van der Waals surface area (Å²) in [6.45, 7) is 1.87. The highest BCUT2D eigenvalue weighted by atomic mass is 32.2. The Kier molecular flexibility index (Phi) is 5.82. The molecule has 0 unspecified atom stereocenters. The van der Waals surface area contributed by atoms with E-state index in [4.69, 9.17) is 4.74 Å². The minimum absolute atomic E-state index is 0.0404. The number of likely N-dealkylation sites (tertiary alicyclic amines) is 1. The molecule has 3 heterocycles. The summed E-state index contributed by atoms with van der Waals surface area (Å²) in [5, 5.41) is 0.777. The summed E-state index contributed by atoms with van der Waals surface area (Å²) in [6.07, 6.45) is 7.40. The molecular weight excluding hydrogens is 322 g/mol. The number of pyridine rings is 2. The van der Waals surface area contributed by atoms with Crippen LogP contribution in [0.15, 0.2) is 47.8 Å². The number of amides is 1. The lowest BCUT2D eigenvalue weighted by Crippen LogP contribution is -2.43. The number of rotatable bonds is 5. The number of carbonyl (C=O) groups excluding carboxylic acids is 1. The third-order valence-corrected chi connectivity index (χ3v) is 4.77. The molecule has 1 aliphatic heterocycles. The number of carbonyl (C=O) groups is 1. The third-order valence-electron chi connectivity index (χ3n) is 4.05. The molecule has 0 radical (unpaired) electrons. The Morgan fingerprint density at radius 1 is 1.29 bits per heavy atom. The van der Waals surface area contributed by atoms with Crippen molar-refractivity contribution in [3.63, 3.8) is 0 Å². The maximum absolute atomic E-state index is 12.8. The quantitative estimate of drug-likeness (QED) is 0.781. The topological polar surface area (TPSA) is 55.3 Å². The molecule has 0 aliphatic carbocycles. The second kappa shape index (κ2) is 8.26. The van der Waals surface area contributed by atoms with Gasteiger partial charge in [0.05, 0.1) is 24.0 Å². The van der Waals surface area contributed by atoms with Gasteiger partial charge < -0.3 is 9.64 Å². The molecule has 24 heavy (non-hydrogen) atoms. The van der Waals surface area contributed by atoms with E-state index in [1.54, 1.807) is 12.4 Å². The van der Waals surface area contributed by atoms with Gasteiger partial charge in [0, 0.05) is 25.5 Å². The minimum Gasteiger partial charge on any atom is -0.370 e. The van der Waals surface area contributed by atoms with Crippen molar-refractivity contribution in [1.82, 2.24) is 14.9 Å². The average molecular weight is 343 g/mol. The van der Waals surface area contributed by atoms with Crippen molar-refractivity contribution in [3.8, 4) is 0 Å². The van der Waals surface area contributed by atoms with Gasteiger partial charge in [-0.1, -0.05) is 6.07 Å². The number of hydrogen-bond acceptors (Lipinski definition) is 5. The van der Waals surface area contributed by atoms with Crippen LogP contribution in [-0.4, -0.2) is 46.2 Å². The summed E-state index contributed by atoms with van der Waals surface area (Å²) in [6, 6.07) is 9.45. The number of thioether (sulfide) groups is 1. The van der Waals surface area contributed by atoms with E-state index in [9.17, 15) is 4.79 Å². The second-order valence-electron chi connectivity index (χ2n) is 5.71. The summed E-state index contributed by atoms with van der Waals surface area (Å²) < 4.78 is 5.96. The molecule has 1 amide bonds. The Balaban J connectivity index is 1.61. The zero-order valence-electron chi connectivity index (χ0n) is 13.7. The molecule has 0 bridgehead atoms. The van der Waals surface area contributed by atoms with Crippen molar-refractivity contribution in [2.45, 2.75) is 30.6 Å². The molecule has 5 nitrogen and oxygen atoms in total. The van der Waals surface area contributed by atoms with Crippen LogP contribution in [0.25, 0.3) is 0 Å². The highest BCUT2D eigenvalue weighted by Crippen LogP contribution is 2.22. The van der Waals surface area contributed by atoms with Crippen LogP contribution in [0.3, 0.4) is 0 Å². The van der Waals surface area contributed by atoms with Gasteiger partial charge in [-0.3, -0.25) is 9.78 Å². The van der Waals surface area contributed by atoms with Crippen LogP contribution < -0.4 is 0 Å². The number of nitrogens with zero attached hydrogens (tertiary/aromatic N) is 3. The molecule has 0 aromatic carbocycles. The van der Waals surface area contributed by atoms with Gasteiger partial charge in [0.1, 0.15) is 5.03 Å². The zero-order chi connectivity index (χ0) is 16.8. The molecule has 2 aromatic rings. The molecule has 0 spiro atoms. The fourth-order valence-electron chi connectivity index (χ4n) is 2.83. The van der Waals surface area contributed by atoms with Crippen molar-refractivity contribution in [2.75, 3.05) is 19.3 Å². The molecule has 0 N–H and O–H groups in total. The van der Waals surface area contributed by atoms with Gasteiger partial charge in [-0.25, -0.2) is 4.98 Å². The Labute approximate surface area is 146 Å². The normalized spacial score (nSPS) is 17.7. The number of aromatic nitrogens is 2. The minimum atomic E-state index is 0.0404. The number of hydrogen-bond donors (Lipinski definition) is 0. The molecule has 2 aromatic heterocycles. The van der Waals surface area contributed by atoms with E-state index in [0.717, 1.165) is 30.1 Å². The summed E-state index contributed by atoms with van der Waals surface area (Å²) in [5.74, 6) is 0.0404. The van der Waals surface area contributed by atoms with Crippen LogP contribution in [0.1, 0.15) is 28.9 Å². The fourth-order valence-corrected chi connectivity index (χ4v) is 3.37. The lowest BCUT2D eigenvalue weighted by molar-refractivity contribution is -0.00796. The van der Waals surface area contributed by atoms with Crippen LogP contribution in [0.5, 0.6) is 0 Å². The van der Waals surface area contributed by atoms with E-state index in [-0.39, 0.29) is 12.0 Å². The Hall–Kier alpha value is -1.92. The van der Waals surface area contributed by atoms with E-state index < -0.39 is 0 Å². The van der Waals surface area contributed by atoms with E-state index in [1.807, 2.05) is 41.5 Å². The smallest absolute Gasteiger partial charge is 0.256 e. The monoisotopic (exact) mass is 343 g/mol. The first-order valence-electron chi connectivity index (χ1n) is 8.07. The largest absolute Gasteiger partial charge is 0.370 e. The van der Waals surface area contributed by atoms with Crippen molar-refractivity contribution < 1.29 is 9.53 Å². The van der Waals surface area contributed by atoms with Gasteiger partial charge in [0.15, 0.2) is 0 Å². The van der Waals surface area contributed by atoms with Crippen molar-refractivity contribution in [2.24, 2.45) is 0 Å². The van der Waals surface area contributed by atoms with Crippen LogP contribution in [0.4, 0.5) is 0 Å². The molecule has 1 aliphatic rings. The maximum atomic E-state index is 12.8. The second-order valence-corrected chi connectivity index (χ2v) is 6.50. The maximum Gasteiger partial charge on any atom is 0.256 e. The third kappa shape index (κ3) is 4.13. The fraction of sp³-hybridized carbons (Fsp3) is 0.389. The summed E-state index contributed by atoms with van der Waals surface area (Å²) in [4.78, 5) is 23.2. The molecule has 1 saturated heterocycles. The van der Waals surface area contributed by atoms with Crippen LogP contribution in [0.2, 0.25) is 0 Å². The van der Waals surface area contributed by atoms with Gasteiger partial charge in [-0.2, -0.15) is 0 Å². The zero-order valence-corrected chi connectivity index (χ0v) is 14.5. The number of piperidine rings is 1. The molecule has 1 atom stereocenters. The van der Waals surface area contributed by atoms with E-state index in [0.29, 0.717) is 18.7 Å². The summed E-state index contributed by atoms with van der Waals surface area (Å²) >= 11 is 1.50. The van der Waals surface area contributed by atoms with Crippen molar-refractivity contribution in [1.29, 1.82) is 0 Å². The molecule has 1 fully saturated rings. The standard InChI is InChI=1S/C18H21N3O2S/c1-24-17-16(8-4-10-20-17)18(22)21-11-5-7-15(12-21)23-13-14-6-2-3-9-19-14/h2-4,6,8-10,15H,5,7,11-13H2,1H3/t15-/m1/s1.